The molecule has 1 aromatic carbocycles. The van der Waals surface area contributed by atoms with Crippen molar-refractivity contribution in [1.29, 1.82) is 0 Å². The molecule has 1 aromatic heterocycles. The smallest absolute Gasteiger partial charge is 0.160 e. The Morgan fingerprint density at radius 2 is 1.85 bits per heavy atom. The van der Waals surface area contributed by atoms with Crippen molar-refractivity contribution in [2.75, 3.05) is 0 Å². The molecule has 0 unspecified atom stereocenters. The van der Waals surface area contributed by atoms with Crippen LogP contribution < -0.4 is 0 Å². The Morgan fingerprint density at radius 3 is 2.62 bits per heavy atom. The highest BCUT2D eigenvalue weighted by Gasteiger charge is 2.07. The van der Waals surface area contributed by atoms with Crippen molar-refractivity contribution in [3.8, 4) is 5.75 Å². The number of halogens is 2. The Kier molecular flexibility index (Phi) is 2.02. The van der Waals surface area contributed by atoms with E-state index in [2.05, 4.69) is 4.98 Å². The van der Waals surface area contributed by atoms with E-state index < -0.39 is 0 Å². The number of fused-ring (bicyclic) bond motifs is 1. The van der Waals surface area contributed by atoms with E-state index >= 15 is 0 Å². The molecular weight excluding hydrogens is 209 g/mol. The van der Waals surface area contributed by atoms with Crippen LogP contribution in [-0.4, -0.2) is 10.1 Å². The fourth-order valence-corrected chi connectivity index (χ4v) is 1.51. The van der Waals surface area contributed by atoms with Crippen LogP contribution in [0.2, 0.25) is 10.0 Å². The van der Waals surface area contributed by atoms with Crippen LogP contribution in [0, 0.1) is 0 Å². The summed E-state index contributed by atoms with van der Waals surface area (Å²) in [6.07, 6.45) is 1.53. The number of hydrogen-bond donors (Lipinski definition) is 1. The van der Waals surface area contributed by atoms with Gasteiger partial charge < -0.3 is 5.11 Å². The molecule has 0 amide bonds. The van der Waals surface area contributed by atoms with Crippen molar-refractivity contribution in [3.05, 3.63) is 34.4 Å². The van der Waals surface area contributed by atoms with Crippen LogP contribution in [0.1, 0.15) is 0 Å². The molecular formula is C9H5Cl2NO. The van der Waals surface area contributed by atoms with E-state index in [4.69, 9.17) is 23.2 Å². The zero-order chi connectivity index (χ0) is 9.42. The quantitative estimate of drug-likeness (QED) is 0.730. The first-order valence-electron chi connectivity index (χ1n) is 3.62. The zero-order valence-electron chi connectivity index (χ0n) is 6.46. The van der Waals surface area contributed by atoms with Crippen molar-refractivity contribution in [2.24, 2.45) is 0 Å². The maximum absolute atomic E-state index is 9.53. The van der Waals surface area contributed by atoms with Gasteiger partial charge in [-0.05, 0) is 18.2 Å². The lowest BCUT2D eigenvalue weighted by Gasteiger charge is -2.02. The lowest BCUT2D eigenvalue weighted by atomic mass is 10.2. The molecule has 2 nitrogen and oxygen atoms in total. The van der Waals surface area contributed by atoms with E-state index in [1.54, 1.807) is 18.2 Å². The Bertz CT molecular complexity index is 470. The summed E-state index contributed by atoms with van der Waals surface area (Å²) in [5.41, 5.74) is 0.431. The molecule has 0 fully saturated rings. The van der Waals surface area contributed by atoms with Crippen LogP contribution in [0.3, 0.4) is 0 Å². The molecule has 0 saturated heterocycles. The van der Waals surface area contributed by atoms with Gasteiger partial charge in [-0.15, -0.1) is 0 Å². The topological polar surface area (TPSA) is 33.1 Å². The molecule has 0 atom stereocenters. The molecule has 1 N–H and O–H groups in total. The lowest BCUT2D eigenvalue weighted by Crippen LogP contribution is -1.80. The Hall–Kier alpha value is -0.990. The molecule has 0 bridgehead atoms. The minimum absolute atomic E-state index is 0.0262. The summed E-state index contributed by atoms with van der Waals surface area (Å²) < 4.78 is 0. The molecule has 0 radical (unpaired) electrons. The van der Waals surface area contributed by atoms with Gasteiger partial charge >= 0.3 is 0 Å². The minimum Gasteiger partial charge on any atom is -0.504 e. The molecule has 13 heavy (non-hydrogen) atoms. The van der Waals surface area contributed by atoms with E-state index in [-0.39, 0.29) is 10.8 Å². The highest BCUT2D eigenvalue weighted by atomic mass is 35.5. The fraction of sp³-hybridized carbons (Fsp3) is 0. The molecule has 0 saturated carbocycles. The van der Waals surface area contributed by atoms with Gasteiger partial charge in [0.05, 0.1) is 10.0 Å². The van der Waals surface area contributed by atoms with Crippen LogP contribution in [-0.2, 0) is 0 Å². The van der Waals surface area contributed by atoms with Gasteiger partial charge in [0, 0.05) is 11.6 Å². The predicted octanol–water partition coefficient (Wildman–Crippen LogP) is 3.25. The van der Waals surface area contributed by atoms with Gasteiger partial charge in [-0.1, -0.05) is 23.2 Å². The van der Waals surface area contributed by atoms with Gasteiger partial charge in [0.2, 0.25) is 0 Å². The SMILES string of the molecule is Oc1c(Cl)ccc2c(Cl)ccnc12. The molecule has 2 aromatic rings. The largest absolute Gasteiger partial charge is 0.504 e. The van der Waals surface area contributed by atoms with Gasteiger partial charge in [-0.2, -0.15) is 0 Å². The second kappa shape index (κ2) is 3.05. The van der Waals surface area contributed by atoms with Crippen molar-refractivity contribution >= 4 is 34.1 Å². The van der Waals surface area contributed by atoms with Gasteiger partial charge in [0.25, 0.3) is 0 Å². The van der Waals surface area contributed by atoms with Crippen molar-refractivity contribution in [2.45, 2.75) is 0 Å². The van der Waals surface area contributed by atoms with Crippen LogP contribution in [0.5, 0.6) is 5.75 Å². The molecule has 1 heterocycles. The third kappa shape index (κ3) is 1.32. The van der Waals surface area contributed by atoms with Crippen molar-refractivity contribution < 1.29 is 5.11 Å². The summed E-state index contributed by atoms with van der Waals surface area (Å²) in [7, 11) is 0. The molecule has 2 rings (SSSR count). The van der Waals surface area contributed by atoms with E-state index in [0.717, 1.165) is 0 Å². The third-order valence-electron chi connectivity index (χ3n) is 1.78. The van der Waals surface area contributed by atoms with Crippen LogP contribution >= 0.6 is 23.2 Å². The Morgan fingerprint density at radius 1 is 1.08 bits per heavy atom. The highest BCUT2D eigenvalue weighted by Crippen LogP contribution is 2.33. The van der Waals surface area contributed by atoms with Crippen LogP contribution in [0.15, 0.2) is 24.4 Å². The third-order valence-corrected chi connectivity index (χ3v) is 2.42. The second-order valence-corrected chi connectivity index (χ2v) is 3.40. The highest BCUT2D eigenvalue weighted by molar-refractivity contribution is 6.37. The van der Waals surface area contributed by atoms with Crippen molar-refractivity contribution in [3.63, 3.8) is 0 Å². The number of nitrogens with zero attached hydrogens (tertiary/aromatic N) is 1. The first-order chi connectivity index (χ1) is 6.20. The fourth-order valence-electron chi connectivity index (χ4n) is 1.15. The van der Waals surface area contributed by atoms with E-state index in [9.17, 15) is 5.11 Å². The Labute approximate surface area is 84.7 Å². The molecule has 4 heteroatoms. The molecule has 0 aliphatic heterocycles. The number of phenols is 1. The number of phenolic OH excluding ortho intramolecular Hbond substituents is 1. The number of pyridine rings is 1. The number of benzene rings is 1. The minimum atomic E-state index is -0.0262. The molecule has 0 aliphatic carbocycles. The zero-order valence-corrected chi connectivity index (χ0v) is 7.97. The normalized spacial score (nSPS) is 10.6. The maximum Gasteiger partial charge on any atom is 0.160 e. The summed E-state index contributed by atoms with van der Waals surface area (Å²) >= 11 is 11.6. The van der Waals surface area contributed by atoms with E-state index in [1.807, 2.05) is 0 Å². The monoisotopic (exact) mass is 213 g/mol. The van der Waals surface area contributed by atoms with Gasteiger partial charge in [-0.25, -0.2) is 0 Å². The standard InChI is InChI=1S/C9H5Cl2NO/c10-6-3-4-12-8-5(6)1-2-7(11)9(8)13/h1-4,13H. The Balaban J connectivity index is 2.94. The summed E-state index contributed by atoms with van der Waals surface area (Å²) in [5, 5.41) is 11.1. The summed E-state index contributed by atoms with van der Waals surface area (Å²) in [4.78, 5) is 3.98. The van der Waals surface area contributed by atoms with Gasteiger partial charge in [0.1, 0.15) is 5.52 Å². The lowest BCUT2D eigenvalue weighted by molar-refractivity contribution is 0.480. The predicted molar refractivity (Wildman–Crippen MR) is 53.4 cm³/mol. The van der Waals surface area contributed by atoms with Crippen LogP contribution in [0.4, 0.5) is 0 Å². The number of hydrogen-bond acceptors (Lipinski definition) is 2. The molecule has 66 valence electrons. The van der Waals surface area contributed by atoms with Crippen molar-refractivity contribution in [1.82, 2.24) is 4.98 Å². The first-order valence-corrected chi connectivity index (χ1v) is 4.37. The summed E-state index contributed by atoms with van der Waals surface area (Å²) in [6.45, 7) is 0. The second-order valence-electron chi connectivity index (χ2n) is 2.58. The summed E-state index contributed by atoms with van der Waals surface area (Å²) in [6, 6.07) is 4.98. The number of aromatic hydroxyl groups is 1. The average molecular weight is 214 g/mol. The number of aromatic nitrogens is 1. The van der Waals surface area contributed by atoms with E-state index in [0.29, 0.717) is 15.9 Å². The average Bonchev–Trinajstić information content (AvgIpc) is 2.12. The first kappa shape index (κ1) is 8.60. The van der Waals surface area contributed by atoms with Gasteiger partial charge in [0.15, 0.2) is 5.75 Å². The molecule has 0 aliphatic rings. The maximum atomic E-state index is 9.53. The van der Waals surface area contributed by atoms with Crippen LogP contribution in [0.25, 0.3) is 10.9 Å². The summed E-state index contributed by atoms with van der Waals surface area (Å²) in [5.74, 6) is -0.0262. The number of rotatable bonds is 0. The molecule has 0 spiro atoms. The van der Waals surface area contributed by atoms with E-state index in [1.165, 1.54) is 6.20 Å². The van der Waals surface area contributed by atoms with Gasteiger partial charge in [-0.3, -0.25) is 4.98 Å².